The normalized spacial score (nSPS) is 13.4. The van der Waals surface area contributed by atoms with Crippen molar-refractivity contribution in [1.82, 2.24) is 5.32 Å². The molecule has 0 heterocycles. The Kier molecular flexibility index (Phi) is 6.44. The van der Waals surface area contributed by atoms with Gasteiger partial charge in [-0.25, -0.2) is 0 Å². The molecule has 2 aromatic rings. The molecule has 0 spiro atoms. The molecule has 4 nitrogen and oxygen atoms in total. The SMILES string of the molecule is COc1cccc([C@H](Cc2ccccc2)NC[C@@H](C)O)c1OC. The molecule has 0 aliphatic carbocycles. The highest BCUT2D eigenvalue weighted by Gasteiger charge is 2.19. The number of nitrogens with one attached hydrogen (secondary N) is 1. The van der Waals surface area contributed by atoms with Gasteiger partial charge in [0.15, 0.2) is 11.5 Å². The summed E-state index contributed by atoms with van der Waals surface area (Å²) in [5, 5.41) is 13.0. The van der Waals surface area contributed by atoms with E-state index in [-0.39, 0.29) is 6.04 Å². The molecule has 0 saturated heterocycles. The molecule has 0 radical (unpaired) electrons. The fourth-order valence-corrected chi connectivity index (χ4v) is 2.64. The third-order valence-electron chi connectivity index (χ3n) is 3.75. The maximum atomic E-state index is 9.62. The van der Waals surface area contributed by atoms with E-state index in [0.717, 1.165) is 17.7 Å². The molecule has 0 bridgehead atoms. The number of rotatable bonds is 8. The number of aliphatic hydroxyl groups excluding tert-OH is 1. The fraction of sp³-hybridized carbons (Fsp3) is 0.368. The lowest BCUT2D eigenvalue weighted by Gasteiger charge is -2.23. The predicted octanol–water partition coefficient (Wildman–Crippen LogP) is 2.96. The highest BCUT2D eigenvalue weighted by atomic mass is 16.5. The van der Waals surface area contributed by atoms with E-state index < -0.39 is 6.10 Å². The summed E-state index contributed by atoms with van der Waals surface area (Å²) in [5.74, 6) is 1.44. The first-order chi connectivity index (χ1) is 11.2. The summed E-state index contributed by atoms with van der Waals surface area (Å²) < 4.78 is 11.0. The summed E-state index contributed by atoms with van der Waals surface area (Å²) in [5.41, 5.74) is 2.25. The third kappa shape index (κ3) is 4.71. The highest BCUT2D eigenvalue weighted by molar-refractivity contribution is 5.48. The molecule has 2 rings (SSSR count). The van der Waals surface area contributed by atoms with Gasteiger partial charge in [0.2, 0.25) is 0 Å². The molecule has 23 heavy (non-hydrogen) atoms. The molecule has 4 heteroatoms. The van der Waals surface area contributed by atoms with Gasteiger partial charge in [-0.2, -0.15) is 0 Å². The number of hydrogen-bond donors (Lipinski definition) is 2. The smallest absolute Gasteiger partial charge is 0.165 e. The van der Waals surface area contributed by atoms with Crippen molar-refractivity contribution in [3.63, 3.8) is 0 Å². The Morgan fingerprint density at radius 3 is 2.35 bits per heavy atom. The van der Waals surface area contributed by atoms with Gasteiger partial charge in [0, 0.05) is 18.2 Å². The van der Waals surface area contributed by atoms with Crippen LogP contribution >= 0.6 is 0 Å². The predicted molar refractivity (Wildman–Crippen MR) is 92.1 cm³/mol. The van der Waals surface area contributed by atoms with E-state index in [1.165, 1.54) is 5.56 Å². The quantitative estimate of drug-likeness (QED) is 0.786. The van der Waals surface area contributed by atoms with E-state index in [1.54, 1.807) is 21.1 Å². The third-order valence-corrected chi connectivity index (χ3v) is 3.75. The number of aliphatic hydroxyl groups is 1. The van der Waals surface area contributed by atoms with Crippen LogP contribution in [-0.4, -0.2) is 32.0 Å². The molecule has 0 amide bonds. The lowest BCUT2D eigenvalue weighted by molar-refractivity contribution is 0.185. The van der Waals surface area contributed by atoms with Gasteiger partial charge in [-0.05, 0) is 25.0 Å². The lowest BCUT2D eigenvalue weighted by Crippen LogP contribution is -2.30. The first kappa shape index (κ1) is 17.3. The van der Waals surface area contributed by atoms with E-state index in [0.29, 0.717) is 12.3 Å². The van der Waals surface area contributed by atoms with Crippen LogP contribution in [0, 0.1) is 0 Å². The molecule has 0 unspecified atom stereocenters. The fourth-order valence-electron chi connectivity index (χ4n) is 2.64. The minimum absolute atomic E-state index is 0.0250. The summed E-state index contributed by atoms with van der Waals surface area (Å²) in [4.78, 5) is 0. The van der Waals surface area contributed by atoms with Crippen LogP contribution in [0.1, 0.15) is 24.1 Å². The van der Waals surface area contributed by atoms with Crippen molar-refractivity contribution < 1.29 is 14.6 Å². The van der Waals surface area contributed by atoms with Crippen LogP contribution in [-0.2, 0) is 6.42 Å². The topological polar surface area (TPSA) is 50.7 Å². The standard InChI is InChI=1S/C19H25NO3/c1-14(21)13-20-17(12-15-8-5-4-6-9-15)16-10-7-11-18(22-2)19(16)23-3/h4-11,14,17,20-21H,12-13H2,1-3H3/t14-,17+/m1/s1. The van der Waals surface area contributed by atoms with Crippen molar-refractivity contribution in [3.05, 3.63) is 59.7 Å². The van der Waals surface area contributed by atoms with Gasteiger partial charge >= 0.3 is 0 Å². The zero-order valence-corrected chi connectivity index (χ0v) is 14.0. The number of benzene rings is 2. The van der Waals surface area contributed by atoms with E-state index in [1.807, 2.05) is 36.4 Å². The summed E-state index contributed by atoms with van der Waals surface area (Å²) >= 11 is 0. The van der Waals surface area contributed by atoms with Crippen molar-refractivity contribution in [1.29, 1.82) is 0 Å². The molecule has 0 aromatic heterocycles. The first-order valence-corrected chi connectivity index (χ1v) is 7.82. The Hall–Kier alpha value is -2.04. The number of methoxy groups -OCH3 is 2. The van der Waals surface area contributed by atoms with Gasteiger partial charge in [-0.15, -0.1) is 0 Å². The van der Waals surface area contributed by atoms with Crippen molar-refractivity contribution in [2.45, 2.75) is 25.5 Å². The number of ether oxygens (including phenoxy) is 2. The zero-order valence-electron chi connectivity index (χ0n) is 14.0. The van der Waals surface area contributed by atoms with Gasteiger partial charge in [0.25, 0.3) is 0 Å². The molecular formula is C19H25NO3. The zero-order chi connectivity index (χ0) is 16.7. The van der Waals surface area contributed by atoms with Gasteiger partial charge in [-0.3, -0.25) is 0 Å². The second-order valence-corrected chi connectivity index (χ2v) is 5.58. The molecular weight excluding hydrogens is 290 g/mol. The van der Waals surface area contributed by atoms with Crippen LogP contribution in [0.4, 0.5) is 0 Å². The Morgan fingerprint density at radius 2 is 1.74 bits per heavy atom. The molecule has 2 N–H and O–H groups in total. The second-order valence-electron chi connectivity index (χ2n) is 5.58. The van der Waals surface area contributed by atoms with Crippen LogP contribution in [0.5, 0.6) is 11.5 Å². The van der Waals surface area contributed by atoms with E-state index >= 15 is 0 Å². The van der Waals surface area contributed by atoms with E-state index in [4.69, 9.17) is 9.47 Å². The maximum Gasteiger partial charge on any atom is 0.165 e. The highest BCUT2D eigenvalue weighted by Crippen LogP contribution is 2.35. The molecule has 0 aliphatic heterocycles. The number of para-hydroxylation sites is 1. The Morgan fingerprint density at radius 1 is 1.00 bits per heavy atom. The first-order valence-electron chi connectivity index (χ1n) is 7.82. The van der Waals surface area contributed by atoms with Crippen LogP contribution in [0.2, 0.25) is 0 Å². The van der Waals surface area contributed by atoms with Crippen molar-refractivity contribution in [2.75, 3.05) is 20.8 Å². The van der Waals surface area contributed by atoms with Gasteiger partial charge in [0.05, 0.1) is 20.3 Å². The molecule has 0 saturated carbocycles. The van der Waals surface area contributed by atoms with Crippen molar-refractivity contribution >= 4 is 0 Å². The van der Waals surface area contributed by atoms with Crippen molar-refractivity contribution in [3.8, 4) is 11.5 Å². The average molecular weight is 315 g/mol. The summed E-state index contributed by atoms with van der Waals surface area (Å²) in [6, 6.07) is 16.2. The Bertz CT molecular complexity index is 599. The monoisotopic (exact) mass is 315 g/mol. The van der Waals surface area contributed by atoms with Gasteiger partial charge in [-0.1, -0.05) is 42.5 Å². The number of hydrogen-bond acceptors (Lipinski definition) is 4. The van der Waals surface area contributed by atoms with E-state index in [2.05, 4.69) is 17.4 Å². The summed E-state index contributed by atoms with van der Waals surface area (Å²) in [6.07, 6.45) is 0.391. The van der Waals surface area contributed by atoms with Crippen LogP contribution < -0.4 is 14.8 Å². The molecule has 0 fully saturated rings. The van der Waals surface area contributed by atoms with Crippen LogP contribution in [0.25, 0.3) is 0 Å². The van der Waals surface area contributed by atoms with Crippen molar-refractivity contribution in [2.24, 2.45) is 0 Å². The molecule has 2 atom stereocenters. The lowest BCUT2D eigenvalue weighted by atomic mass is 9.97. The second kappa shape index (κ2) is 8.56. The van der Waals surface area contributed by atoms with Gasteiger partial charge < -0.3 is 19.9 Å². The molecule has 0 aliphatic rings. The summed E-state index contributed by atoms with van der Waals surface area (Å²) in [6.45, 7) is 2.28. The van der Waals surface area contributed by atoms with Crippen LogP contribution in [0.3, 0.4) is 0 Å². The van der Waals surface area contributed by atoms with Crippen LogP contribution in [0.15, 0.2) is 48.5 Å². The maximum absolute atomic E-state index is 9.62. The Balaban J connectivity index is 2.32. The minimum Gasteiger partial charge on any atom is -0.493 e. The molecule has 124 valence electrons. The average Bonchev–Trinajstić information content (AvgIpc) is 2.58. The Labute approximate surface area is 138 Å². The summed E-state index contributed by atoms with van der Waals surface area (Å²) in [7, 11) is 3.28. The van der Waals surface area contributed by atoms with E-state index in [9.17, 15) is 5.11 Å². The molecule has 2 aromatic carbocycles. The van der Waals surface area contributed by atoms with Gasteiger partial charge in [0.1, 0.15) is 0 Å². The minimum atomic E-state index is -0.412. The largest absolute Gasteiger partial charge is 0.493 e.